The second-order valence-electron chi connectivity index (χ2n) is 6.50. The molecule has 2 rings (SSSR count). The number of rotatable bonds is 10. The number of hydrogen-bond acceptors (Lipinski definition) is 4. The minimum atomic E-state index is -3.26. The summed E-state index contributed by atoms with van der Waals surface area (Å²) >= 11 is 0. The van der Waals surface area contributed by atoms with Crippen molar-refractivity contribution in [3.8, 4) is 5.75 Å². The summed E-state index contributed by atoms with van der Waals surface area (Å²) in [5.74, 6) is 1.58. The molecule has 0 saturated carbocycles. The van der Waals surface area contributed by atoms with Gasteiger partial charge in [-0.3, -0.25) is 0 Å². The van der Waals surface area contributed by atoms with E-state index in [1.54, 1.807) is 7.11 Å². The molecule has 0 heterocycles. The number of nitrogens with zero attached hydrogens (tertiary/aromatic N) is 1. The van der Waals surface area contributed by atoms with Crippen molar-refractivity contribution in [2.24, 2.45) is 4.99 Å². The number of hydrogen-bond donors (Lipinski definition) is 3. The molecular weight excluding hydrogens is 515 g/mol. The van der Waals surface area contributed by atoms with Crippen LogP contribution in [-0.2, 0) is 28.7 Å². The minimum absolute atomic E-state index is 0. The van der Waals surface area contributed by atoms with Crippen LogP contribution in [0.15, 0.2) is 53.5 Å². The first-order valence-electron chi connectivity index (χ1n) is 9.60. The van der Waals surface area contributed by atoms with Gasteiger partial charge in [0.2, 0.25) is 10.0 Å². The summed E-state index contributed by atoms with van der Waals surface area (Å²) in [4.78, 5) is 4.61. The van der Waals surface area contributed by atoms with Crippen LogP contribution in [0.5, 0.6) is 5.75 Å². The molecule has 0 radical (unpaired) electrons. The quantitative estimate of drug-likeness (QED) is 0.242. The van der Waals surface area contributed by atoms with Crippen molar-refractivity contribution in [1.82, 2.24) is 15.4 Å². The van der Waals surface area contributed by atoms with Gasteiger partial charge in [0.15, 0.2) is 5.96 Å². The highest BCUT2D eigenvalue weighted by Gasteiger charge is 2.08. The third-order valence-corrected chi connectivity index (χ3v) is 5.66. The number of methoxy groups -OCH3 is 1. The van der Waals surface area contributed by atoms with Gasteiger partial charge in [0.05, 0.1) is 19.4 Å². The monoisotopic (exact) mass is 546 g/mol. The van der Waals surface area contributed by atoms with E-state index in [4.69, 9.17) is 4.74 Å². The maximum absolute atomic E-state index is 11.6. The fourth-order valence-electron chi connectivity index (χ4n) is 2.66. The van der Waals surface area contributed by atoms with E-state index in [2.05, 4.69) is 32.5 Å². The molecule has 3 N–H and O–H groups in total. The number of sulfonamides is 1. The molecule has 30 heavy (non-hydrogen) atoms. The zero-order valence-electron chi connectivity index (χ0n) is 17.6. The first-order valence-corrected chi connectivity index (χ1v) is 11.2. The maximum atomic E-state index is 11.6. The largest absolute Gasteiger partial charge is 0.497 e. The van der Waals surface area contributed by atoms with Crippen LogP contribution >= 0.6 is 24.0 Å². The Balaban J connectivity index is 0.00000450. The molecule has 7 nitrogen and oxygen atoms in total. The Morgan fingerprint density at radius 1 is 0.967 bits per heavy atom. The molecular formula is C21H31IN4O3S. The highest BCUT2D eigenvalue weighted by molar-refractivity contribution is 14.0. The van der Waals surface area contributed by atoms with Crippen LogP contribution in [0.3, 0.4) is 0 Å². The summed E-state index contributed by atoms with van der Waals surface area (Å²) in [6.07, 6.45) is 0.878. The predicted octanol–water partition coefficient (Wildman–Crippen LogP) is 2.66. The van der Waals surface area contributed by atoms with Crippen molar-refractivity contribution in [2.75, 3.05) is 27.2 Å². The van der Waals surface area contributed by atoms with E-state index in [0.717, 1.165) is 42.3 Å². The van der Waals surface area contributed by atoms with E-state index >= 15 is 0 Å². The first-order chi connectivity index (χ1) is 14.0. The summed E-state index contributed by atoms with van der Waals surface area (Å²) in [6.45, 7) is 4.07. The smallest absolute Gasteiger partial charge is 0.215 e. The predicted molar refractivity (Wildman–Crippen MR) is 133 cm³/mol. The number of halogens is 1. The fourth-order valence-corrected chi connectivity index (χ4v) is 3.44. The molecule has 0 fully saturated rings. The SMILES string of the molecule is CCNC(=NCc1ccc(CS(=O)(=O)NC)cc1)NCCc1ccc(OC)cc1.I. The molecule has 2 aromatic carbocycles. The Hall–Kier alpha value is -1.85. The van der Waals surface area contributed by atoms with Crippen LogP contribution in [-0.4, -0.2) is 41.6 Å². The Bertz CT molecular complexity index is 885. The van der Waals surface area contributed by atoms with Crippen molar-refractivity contribution in [3.05, 3.63) is 65.2 Å². The van der Waals surface area contributed by atoms with Crippen LogP contribution in [0.4, 0.5) is 0 Å². The van der Waals surface area contributed by atoms with Gasteiger partial charge < -0.3 is 15.4 Å². The molecule has 0 saturated heterocycles. The summed E-state index contributed by atoms with van der Waals surface area (Å²) in [6, 6.07) is 15.5. The van der Waals surface area contributed by atoms with Gasteiger partial charge >= 0.3 is 0 Å². The summed E-state index contributed by atoms with van der Waals surface area (Å²) in [5.41, 5.74) is 2.99. The number of benzene rings is 2. The van der Waals surface area contributed by atoms with Crippen molar-refractivity contribution in [3.63, 3.8) is 0 Å². The topological polar surface area (TPSA) is 91.8 Å². The summed E-state index contributed by atoms with van der Waals surface area (Å²) < 4.78 is 30.7. The van der Waals surface area contributed by atoms with Crippen molar-refractivity contribution in [2.45, 2.75) is 25.6 Å². The highest BCUT2D eigenvalue weighted by atomic mass is 127. The number of aliphatic imine (C=N–C) groups is 1. The summed E-state index contributed by atoms with van der Waals surface area (Å²) in [7, 11) is -0.181. The Labute approximate surface area is 196 Å². The Kier molecular flexibility index (Phi) is 11.7. The maximum Gasteiger partial charge on any atom is 0.215 e. The van der Waals surface area contributed by atoms with Gasteiger partial charge in [0, 0.05) is 13.1 Å². The van der Waals surface area contributed by atoms with Crippen molar-refractivity contribution < 1.29 is 13.2 Å². The van der Waals surface area contributed by atoms with E-state index in [1.807, 2.05) is 43.3 Å². The lowest BCUT2D eigenvalue weighted by Crippen LogP contribution is -2.38. The number of nitrogens with one attached hydrogen (secondary N) is 3. The van der Waals surface area contributed by atoms with Gasteiger partial charge in [-0.25, -0.2) is 18.1 Å². The van der Waals surface area contributed by atoms with Gasteiger partial charge in [-0.05, 0) is 49.2 Å². The molecule has 9 heteroatoms. The number of guanidine groups is 1. The molecule has 0 aliphatic rings. The molecule has 0 unspecified atom stereocenters. The lowest BCUT2D eigenvalue weighted by atomic mass is 10.1. The second-order valence-corrected chi connectivity index (χ2v) is 8.43. The van der Waals surface area contributed by atoms with Crippen LogP contribution in [0.2, 0.25) is 0 Å². The van der Waals surface area contributed by atoms with Gasteiger partial charge in [-0.2, -0.15) is 0 Å². The van der Waals surface area contributed by atoms with Gasteiger partial charge in [-0.1, -0.05) is 36.4 Å². The van der Waals surface area contributed by atoms with E-state index in [0.29, 0.717) is 6.54 Å². The Morgan fingerprint density at radius 2 is 1.57 bits per heavy atom. The molecule has 0 atom stereocenters. The van der Waals surface area contributed by atoms with Crippen molar-refractivity contribution >= 4 is 40.0 Å². The molecule has 166 valence electrons. The van der Waals surface area contributed by atoms with Crippen LogP contribution in [0.25, 0.3) is 0 Å². The van der Waals surface area contributed by atoms with E-state index in [1.165, 1.54) is 12.6 Å². The molecule has 0 aromatic heterocycles. The van der Waals surface area contributed by atoms with Gasteiger partial charge in [0.25, 0.3) is 0 Å². The molecule has 0 aliphatic carbocycles. The zero-order valence-corrected chi connectivity index (χ0v) is 20.8. The van der Waals surface area contributed by atoms with Gasteiger partial charge in [0.1, 0.15) is 5.75 Å². The average Bonchev–Trinajstić information content (AvgIpc) is 2.73. The van der Waals surface area contributed by atoms with E-state index in [-0.39, 0.29) is 29.7 Å². The standard InChI is InChI=1S/C21H30N4O3S.HI/c1-4-23-21(24-14-13-17-9-11-20(28-3)12-10-17)25-15-18-5-7-19(8-6-18)16-29(26,27)22-2;/h5-12,22H,4,13-16H2,1-3H3,(H2,23,24,25);1H. The third-order valence-electron chi connectivity index (χ3n) is 4.32. The van der Waals surface area contributed by atoms with Crippen LogP contribution < -0.4 is 20.1 Å². The van der Waals surface area contributed by atoms with Gasteiger partial charge in [-0.15, -0.1) is 24.0 Å². The number of ether oxygens (including phenoxy) is 1. The fraction of sp³-hybridized carbons (Fsp3) is 0.381. The van der Waals surface area contributed by atoms with E-state index < -0.39 is 10.0 Å². The summed E-state index contributed by atoms with van der Waals surface area (Å²) in [5, 5.41) is 6.58. The van der Waals surface area contributed by atoms with Crippen molar-refractivity contribution in [1.29, 1.82) is 0 Å². The Morgan fingerprint density at radius 3 is 2.13 bits per heavy atom. The highest BCUT2D eigenvalue weighted by Crippen LogP contribution is 2.11. The lowest BCUT2D eigenvalue weighted by Gasteiger charge is -2.12. The molecule has 0 amide bonds. The lowest BCUT2D eigenvalue weighted by molar-refractivity contribution is 0.414. The zero-order chi connectivity index (χ0) is 21.1. The average molecular weight is 546 g/mol. The molecule has 0 spiro atoms. The second kappa shape index (κ2) is 13.5. The normalized spacial score (nSPS) is 11.5. The molecule has 0 aliphatic heterocycles. The minimum Gasteiger partial charge on any atom is -0.497 e. The van der Waals surface area contributed by atoms with Crippen LogP contribution in [0, 0.1) is 0 Å². The first kappa shape index (κ1) is 26.2. The molecule has 2 aromatic rings. The van der Waals surface area contributed by atoms with E-state index in [9.17, 15) is 8.42 Å². The van der Waals surface area contributed by atoms with Crippen LogP contribution in [0.1, 0.15) is 23.6 Å². The third kappa shape index (κ3) is 9.31. The molecule has 0 bridgehead atoms.